The summed E-state index contributed by atoms with van der Waals surface area (Å²) in [5.74, 6) is 0.830. The Morgan fingerprint density at radius 1 is 1.32 bits per heavy atom. The summed E-state index contributed by atoms with van der Waals surface area (Å²) in [6, 6.07) is 12.0. The van der Waals surface area contributed by atoms with Gasteiger partial charge in [-0.05, 0) is 31.4 Å². The van der Waals surface area contributed by atoms with Gasteiger partial charge in [-0.3, -0.25) is 0 Å². The van der Waals surface area contributed by atoms with Crippen molar-refractivity contribution >= 4 is 12.2 Å². The van der Waals surface area contributed by atoms with Gasteiger partial charge in [-0.15, -0.1) is 0 Å². The molecule has 0 saturated carbocycles. The van der Waals surface area contributed by atoms with E-state index in [2.05, 4.69) is 29.0 Å². The molecule has 2 aromatic rings. The third kappa shape index (κ3) is 2.46. The molecule has 4 heteroatoms. The van der Waals surface area contributed by atoms with Gasteiger partial charge < -0.3 is 9.72 Å². The normalized spacial score (nSPS) is 22.6. The van der Waals surface area contributed by atoms with Crippen molar-refractivity contribution in [1.29, 1.82) is 0 Å². The lowest BCUT2D eigenvalue weighted by molar-refractivity contribution is 0.00933. The molecule has 19 heavy (non-hydrogen) atoms. The third-order valence-electron chi connectivity index (χ3n) is 3.55. The molecule has 98 valence electrons. The first-order valence-corrected chi connectivity index (χ1v) is 6.89. The smallest absolute Gasteiger partial charge is 0.140 e. The maximum atomic E-state index is 5.83. The van der Waals surface area contributed by atoms with E-state index in [-0.39, 0.29) is 5.60 Å². The molecule has 0 bridgehead atoms. The van der Waals surface area contributed by atoms with Crippen LogP contribution in [-0.2, 0) is 10.3 Å². The van der Waals surface area contributed by atoms with E-state index in [4.69, 9.17) is 17.0 Å². The molecule has 2 heterocycles. The highest BCUT2D eigenvalue weighted by molar-refractivity contribution is 7.71. The van der Waals surface area contributed by atoms with Crippen LogP contribution in [0, 0.1) is 4.64 Å². The Labute approximate surface area is 117 Å². The highest BCUT2D eigenvalue weighted by Crippen LogP contribution is 2.34. The first kappa shape index (κ1) is 12.5. The standard InChI is InChI=1S/C15H16N2OS/c1-15(8-5-9-18-15)14-16-12(10-13(19)17-14)11-6-3-2-4-7-11/h2-4,6-7,10H,5,8-9H2,1H3,(H,16,17,19). The molecule has 3 nitrogen and oxygen atoms in total. The highest BCUT2D eigenvalue weighted by atomic mass is 32.1. The van der Waals surface area contributed by atoms with Crippen LogP contribution in [0.3, 0.4) is 0 Å². The molecule has 1 saturated heterocycles. The lowest BCUT2D eigenvalue weighted by atomic mass is 10.0. The van der Waals surface area contributed by atoms with Gasteiger partial charge >= 0.3 is 0 Å². The molecule has 1 aliphatic rings. The van der Waals surface area contributed by atoms with Gasteiger partial charge in [-0.2, -0.15) is 0 Å². The van der Waals surface area contributed by atoms with Crippen molar-refractivity contribution in [2.45, 2.75) is 25.4 Å². The Hall–Kier alpha value is -1.52. The minimum Gasteiger partial charge on any atom is -0.367 e. The highest BCUT2D eigenvalue weighted by Gasteiger charge is 2.34. The number of nitrogens with one attached hydrogen (secondary N) is 1. The van der Waals surface area contributed by atoms with Gasteiger partial charge in [0.05, 0.1) is 0 Å². The maximum Gasteiger partial charge on any atom is 0.140 e. The first-order valence-electron chi connectivity index (χ1n) is 6.49. The van der Waals surface area contributed by atoms with Gasteiger partial charge in [0, 0.05) is 12.3 Å². The SMILES string of the molecule is CC1(c2nc(=S)cc(-c3ccccc3)[nH]2)CCCO1. The zero-order valence-corrected chi connectivity index (χ0v) is 11.7. The summed E-state index contributed by atoms with van der Waals surface area (Å²) in [4.78, 5) is 7.83. The van der Waals surface area contributed by atoms with Crippen LogP contribution in [0.2, 0.25) is 0 Å². The van der Waals surface area contributed by atoms with Crippen molar-refractivity contribution in [2.75, 3.05) is 6.61 Å². The van der Waals surface area contributed by atoms with E-state index in [0.717, 1.165) is 36.5 Å². The molecule has 0 radical (unpaired) electrons. The summed E-state index contributed by atoms with van der Waals surface area (Å²) in [6.07, 6.45) is 2.04. The first-order chi connectivity index (χ1) is 9.17. The van der Waals surface area contributed by atoms with E-state index in [0.29, 0.717) is 4.64 Å². The number of benzene rings is 1. The van der Waals surface area contributed by atoms with Crippen LogP contribution >= 0.6 is 12.2 Å². The molecule has 1 aromatic heterocycles. The van der Waals surface area contributed by atoms with Crippen LogP contribution in [0.4, 0.5) is 0 Å². The fourth-order valence-electron chi connectivity index (χ4n) is 2.45. The number of hydrogen-bond acceptors (Lipinski definition) is 3. The average molecular weight is 272 g/mol. The van der Waals surface area contributed by atoms with E-state index in [1.54, 1.807) is 0 Å². The number of H-pyrrole nitrogens is 1. The quantitative estimate of drug-likeness (QED) is 0.844. The zero-order chi connectivity index (χ0) is 13.3. The fourth-order valence-corrected chi connectivity index (χ4v) is 2.66. The van der Waals surface area contributed by atoms with E-state index >= 15 is 0 Å². The minimum atomic E-state index is -0.335. The van der Waals surface area contributed by atoms with Crippen molar-refractivity contribution in [3.63, 3.8) is 0 Å². The Kier molecular flexibility index (Phi) is 3.21. The monoisotopic (exact) mass is 272 g/mol. The van der Waals surface area contributed by atoms with Gasteiger partial charge in [0.1, 0.15) is 16.1 Å². The summed E-state index contributed by atoms with van der Waals surface area (Å²) in [5.41, 5.74) is 1.77. The number of rotatable bonds is 2. The number of ether oxygens (including phenoxy) is 1. The molecule has 0 amide bonds. The van der Waals surface area contributed by atoms with Crippen LogP contribution in [0.5, 0.6) is 0 Å². The summed E-state index contributed by atoms with van der Waals surface area (Å²) >= 11 is 5.29. The minimum absolute atomic E-state index is 0.335. The van der Waals surface area contributed by atoms with Crippen LogP contribution < -0.4 is 0 Å². The average Bonchev–Trinajstić information content (AvgIpc) is 2.87. The predicted octanol–water partition coefficient (Wildman–Crippen LogP) is 3.83. The van der Waals surface area contributed by atoms with Crippen molar-refractivity contribution < 1.29 is 4.74 Å². The summed E-state index contributed by atoms with van der Waals surface area (Å²) < 4.78 is 6.43. The molecule has 1 fully saturated rings. The Bertz CT molecular complexity index is 630. The second kappa shape index (κ2) is 4.87. The lowest BCUT2D eigenvalue weighted by Gasteiger charge is -2.22. The van der Waals surface area contributed by atoms with Crippen LogP contribution in [0.15, 0.2) is 36.4 Å². The molecule has 1 unspecified atom stereocenters. The largest absolute Gasteiger partial charge is 0.367 e. The molecule has 1 N–H and O–H groups in total. The molecule has 1 aliphatic heterocycles. The van der Waals surface area contributed by atoms with Gasteiger partial charge in [0.25, 0.3) is 0 Å². The van der Waals surface area contributed by atoms with Crippen molar-refractivity contribution in [3.8, 4) is 11.3 Å². The van der Waals surface area contributed by atoms with Crippen molar-refractivity contribution in [2.24, 2.45) is 0 Å². The van der Waals surface area contributed by atoms with Gasteiger partial charge in [-0.25, -0.2) is 4.98 Å². The van der Waals surface area contributed by atoms with Gasteiger partial charge in [0.2, 0.25) is 0 Å². The summed E-state index contributed by atoms with van der Waals surface area (Å²) in [5, 5.41) is 0. The van der Waals surface area contributed by atoms with Crippen LogP contribution in [-0.4, -0.2) is 16.6 Å². The Balaban J connectivity index is 2.09. The van der Waals surface area contributed by atoms with Gasteiger partial charge in [-0.1, -0.05) is 42.5 Å². The van der Waals surface area contributed by atoms with E-state index in [1.807, 2.05) is 24.3 Å². The van der Waals surface area contributed by atoms with Crippen molar-refractivity contribution in [3.05, 3.63) is 46.9 Å². The molecular formula is C15H16N2OS. The number of hydrogen-bond donors (Lipinski definition) is 1. The Morgan fingerprint density at radius 3 is 2.79 bits per heavy atom. The third-order valence-corrected chi connectivity index (χ3v) is 3.76. The lowest BCUT2D eigenvalue weighted by Crippen LogP contribution is -2.23. The number of aromatic nitrogens is 2. The second-order valence-electron chi connectivity index (χ2n) is 5.03. The van der Waals surface area contributed by atoms with E-state index in [9.17, 15) is 0 Å². The maximum absolute atomic E-state index is 5.83. The fraction of sp³-hybridized carbons (Fsp3) is 0.333. The molecule has 1 atom stereocenters. The van der Waals surface area contributed by atoms with Gasteiger partial charge in [0.15, 0.2) is 0 Å². The zero-order valence-electron chi connectivity index (χ0n) is 10.8. The second-order valence-corrected chi connectivity index (χ2v) is 5.45. The molecule has 0 aliphatic carbocycles. The molecule has 0 spiro atoms. The topological polar surface area (TPSA) is 37.9 Å². The van der Waals surface area contributed by atoms with Crippen molar-refractivity contribution in [1.82, 2.24) is 9.97 Å². The Morgan fingerprint density at radius 2 is 2.11 bits per heavy atom. The van der Waals surface area contributed by atoms with E-state index in [1.165, 1.54) is 0 Å². The molecular weight excluding hydrogens is 256 g/mol. The summed E-state index contributed by atoms with van der Waals surface area (Å²) in [7, 11) is 0. The molecule has 3 rings (SSSR count). The van der Waals surface area contributed by atoms with E-state index < -0.39 is 0 Å². The number of nitrogens with zero attached hydrogens (tertiary/aromatic N) is 1. The predicted molar refractivity (Wildman–Crippen MR) is 77.4 cm³/mol. The summed E-state index contributed by atoms with van der Waals surface area (Å²) in [6.45, 7) is 2.86. The molecule has 1 aromatic carbocycles. The van der Waals surface area contributed by atoms with Crippen LogP contribution in [0.25, 0.3) is 11.3 Å². The van der Waals surface area contributed by atoms with Crippen LogP contribution in [0.1, 0.15) is 25.6 Å². The number of aromatic amines is 1.